The van der Waals surface area contributed by atoms with Gasteiger partial charge in [-0.25, -0.2) is 4.79 Å². The summed E-state index contributed by atoms with van der Waals surface area (Å²) in [5, 5.41) is 5.51. The van der Waals surface area contributed by atoms with Gasteiger partial charge >= 0.3 is 6.03 Å². The van der Waals surface area contributed by atoms with Crippen LogP contribution in [0.4, 0.5) is 4.79 Å². The number of imide groups is 1. The molecule has 2 atom stereocenters. The lowest BCUT2D eigenvalue weighted by Crippen LogP contribution is -2.43. The lowest BCUT2D eigenvalue weighted by molar-refractivity contribution is -0.134. The molecule has 2 aromatic carbocycles. The Bertz CT molecular complexity index is 903. The largest absolute Gasteiger partial charge is 0.354 e. The molecule has 0 spiro atoms. The van der Waals surface area contributed by atoms with Crippen LogP contribution < -0.4 is 10.6 Å². The molecule has 0 aliphatic carbocycles. The summed E-state index contributed by atoms with van der Waals surface area (Å²) in [6.45, 7) is 3.77. The molecule has 0 bridgehead atoms. The van der Waals surface area contributed by atoms with Gasteiger partial charge in [0.05, 0.1) is 0 Å². The van der Waals surface area contributed by atoms with Crippen molar-refractivity contribution in [2.24, 2.45) is 0 Å². The van der Waals surface area contributed by atoms with E-state index >= 15 is 0 Å². The number of nitrogens with zero attached hydrogens (tertiary/aromatic N) is 1. The Morgan fingerprint density at radius 3 is 2.57 bits per heavy atom. The molecular formula is C21H22BrN3O3. The zero-order valence-corrected chi connectivity index (χ0v) is 17.3. The second-order valence-corrected chi connectivity index (χ2v) is 7.99. The Balaban J connectivity index is 1.63. The summed E-state index contributed by atoms with van der Waals surface area (Å²) in [6.07, 6.45) is 0. The first-order valence-electron chi connectivity index (χ1n) is 9.03. The maximum atomic E-state index is 12.9. The van der Waals surface area contributed by atoms with Crippen LogP contribution >= 0.6 is 15.9 Å². The zero-order valence-electron chi connectivity index (χ0n) is 15.7. The highest BCUT2D eigenvalue weighted by Gasteiger charge is 2.49. The van der Waals surface area contributed by atoms with Gasteiger partial charge in [-0.2, -0.15) is 0 Å². The number of benzene rings is 2. The molecule has 2 N–H and O–H groups in total. The van der Waals surface area contributed by atoms with Crippen LogP contribution in [0.2, 0.25) is 0 Å². The minimum absolute atomic E-state index is 0.125. The fourth-order valence-electron chi connectivity index (χ4n) is 3.20. The molecule has 2 unspecified atom stereocenters. The predicted octanol–water partition coefficient (Wildman–Crippen LogP) is 3.14. The predicted molar refractivity (Wildman–Crippen MR) is 110 cm³/mol. The summed E-state index contributed by atoms with van der Waals surface area (Å²) in [5.74, 6) is -0.688. The number of amides is 4. The van der Waals surface area contributed by atoms with E-state index in [9.17, 15) is 14.4 Å². The lowest BCUT2D eigenvalue weighted by Gasteiger charge is -2.22. The van der Waals surface area contributed by atoms with Gasteiger partial charge < -0.3 is 10.6 Å². The van der Waals surface area contributed by atoms with Crippen LogP contribution in [0.25, 0.3) is 0 Å². The Morgan fingerprint density at radius 2 is 1.89 bits per heavy atom. The molecule has 1 aliphatic rings. The third-order valence-electron chi connectivity index (χ3n) is 4.95. The van der Waals surface area contributed by atoms with Crippen LogP contribution in [0.5, 0.6) is 0 Å². The van der Waals surface area contributed by atoms with Crippen LogP contribution in [0.3, 0.4) is 0 Å². The molecule has 0 saturated carbocycles. The molecule has 2 aromatic rings. The van der Waals surface area contributed by atoms with Gasteiger partial charge in [0.15, 0.2) is 0 Å². The molecule has 0 radical (unpaired) electrons. The monoisotopic (exact) mass is 443 g/mol. The molecule has 1 heterocycles. The van der Waals surface area contributed by atoms with Gasteiger partial charge in [-0.1, -0.05) is 65.3 Å². The summed E-state index contributed by atoms with van der Waals surface area (Å²) < 4.78 is 0.805. The quantitative estimate of drug-likeness (QED) is 0.673. The number of hydrogen-bond acceptors (Lipinski definition) is 3. The lowest BCUT2D eigenvalue weighted by atomic mass is 9.92. The van der Waals surface area contributed by atoms with Gasteiger partial charge in [0.1, 0.15) is 12.1 Å². The molecule has 1 saturated heterocycles. The van der Waals surface area contributed by atoms with E-state index in [0.717, 1.165) is 14.9 Å². The number of carbonyl (C=O) groups excluding carboxylic acids is 3. The Kier molecular flexibility index (Phi) is 5.84. The van der Waals surface area contributed by atoms with Gasteiger partial charge in [-0.05, 0) is 36.1 Å². The Hall–Kier alpha value is -2.67. The van der Waals surface area contributed by atoms with Crippen LogP contribution in [-0.2, 0) is 15.1 Å². The summed E-state index contributed by atoms with van der Waals surface area (Å²) in [6, 6.07) is 16.4. The van der Waals surface area contributed by atoms with Crippen molar-refractivity contribution >= 4 is 33.8 Å². The van der Waals surface area contributed by atoms with E-state index in [1.807, 2.05) is 43.3 Å². The molecule has 7 heteroatoms. The summed E-state index contributed by atoms with van der Waals surface area (Å²) in [5.41, 5.74) is 0.569. The normalized spacial score (nSPS) is 20.0. The van der Waals surface area contributed by atoms with E-state index in [-0.39, 0.29) is 18.4 Å². The minimum Gasteiger partial charge on any atom is -0.354 e. The van der Waals surface area contributed by atoms with Crippen molar-refractivity contribution in [2.75, 3.05) is 13.1 Å². The summed E-state index contributed by atoms with van der Waals surface area (Å²) in [7, 11) is 0. The highest BCUT2D eigenvalue weighted by molar-refractivity contribution is 9.10. The molecule has 1 fully saturated rings. The number of rotatable bonds is 6. The van der Waals surface area contributed by atoms with Crippen molar-refractivity contribution in [3.63, 3.8) is 0 Å². The molecule has 28 heavy (non-hydrogen) atoms. The molecule has 4 amide bonds. The third kappa shape index (κ3) is 4.09. The first-order valence-corrected chi connectivity index (χ1v) is 9.82. The van der Waals surface area contributed by atoms with Gasteiger partial charge in [0.2, 0.25) is 5.91 Å². The molecule has 1 aliphatic heterocycles. The average Bonchev–Trinajstić information content (AvgIpc) is 2.91. The second kappa shape index (κ2) is 8.14. The molecular weight excluding hydrogens is 422 g/mol. The van der Waals surface area contributed by atoms with Gasteiger partial charge in [-0.3, -0.25) is 14.5 Å². The van der Waals surface area contributed by atoms with Crippen LogP contribution in [0, 0.1) is 0 Å². The van der Waals surface area contributed by atoms with Crippen molar-refractivity contribution in [3.05, 3.63) is 70.2 Å². The molecule has 0 aromatic heterocycles. The number of nitrogens with one attached hydrogen (secondary N) is 2. The van der Waals surface area contributed by atoms with Gasteiger partial charge in [0, 0.05) is 11.0 Å². The van der Waals surface area contributed by atoms with Crippen molar-refractivity contribution in [1.29, 1.82) is 0 Å². The maximum Gasteiger partial charge on any atom is 0.325 e. The highest BCUT2D eigenvalue weighted by atomic mass is 79.9. The van der Waals surface area contributed by atoms with Crippen molar-refractivity contribution in [2.45, 2.75) is 25.3 Å². The van der Waals surface area contributed by atoms with Gasteiger partial charge in [-0.15, -0.1) is 0 Å². The maximum absolute atomic E-state index is 12.9. The summed E-state index contributed by atoms with van der Waals surface area (Å²) in [4.78, 5) is 38.5. The van der Waals surface area contributed by atoms with E-state index < -0.39 is 17.5 Å². The van der Waals surface area contributed by atoms with Crippen molar-refractivity contribution < 1.29 is 14.4 Å². The number of urea groups is 1. The van der Waals surface area contributed by atoms with Crippen LogP contribution in [0.15, 0.2) is 59.1 Å². The van der Waals surface area contributed by atoms with Crippen LogP contribution in [0.1, 0.15) is 30.9 Å². The topological polar surface area (TPSA) is 78.5 Å². The number of carbonyl (C=O) groups is 3. The Morgan fingerprint density at radius 1 is 1.18 bits per heavy atom. The molecule has 3 rings (SSSR count). The average molecular weight is 444 g/mol. The highest BCUT2D eigenvalue weighted by Crippen LogP contribution is 2.30. The van der Waals surface area contributed by atoms with Crippen LogP contribution in [-0.4, -0.2) is 35.8 Å². The van der Waals surface area contributed by atoms with E-state index in [1.165, 1.54) is 0 Å². The number of halogens is 1. The van der Waals surface area contributed by atoms with E-state index in [4.69, 9.17) is 0 Å². The Labute approximate surface area is 172 Å². The number of hydrogen-bond donors (Lipinski definition) is 2. The van der Waals surface area contributed by atoms with E-state index in [0.29, 0.717) is 12.1 Å². The van der Waals surface area contributed by atoms with E-state index in [1.54, 1.807) is 25.1 Å². The summed E-state index contributed by atoms with van der Waals surface area (Å²) >= 11 is 3.38. The molecule has 6 nitrogen and oxygen atoms in total. The molecule has 146 valence electrons. The zero-order chi connectivity index (χ0) is 20.3. The third-order valence-corrected chi connectivity index (χ3v) is 5.45. The standard InChI is InChI=1S/C21H22BrN3O3/c1-14(15-7-4-3-5-8-15)12-23-18(26)13-25-19(27)21(2,24-20(25)28)16-9-6-10-17(22)11-16/h3-11,14H,12-13H2,1-2H3,(H,23,26)(H,24,28). The first kappa shape index (κ1) is 20.1. The SMILES string of the molecule is CC(CNC(=O)CN1C(=O)NC(C)(c2cccc(Br)c2)C1=O)c1ccccc1. The first-order chi connectivity index (χ1) is 13.3. The van der Waals surface area contributed by atoms with Crippen molar-refractivity contribution in [3.8, 4) is 0 Å². The minimum atomic E-state index is -1.20. The van der Waals surface area contributed by atoms with Gasteiger partial charge in [0.25, 0.3) is 5.91 Å². The smallest absolute Gasteiger partial charge is 0.325 e. The second-order valence-electron chi connectivity index (χ2n) is 7.07. The van der Waals surface area contributed by atoms with E-state index in [2.05, 4.69) is 26.6 Å². The van der Waals surface area contributed by atoms with Crippen molar-refractivity contribution in [1.82, 2.24) is 15.5 Å². The fourth-order valence-corrected chi connectivity index (χ4v) is 3.60. The fraction of sp³-hybridized carbons (Fsp3) is 0.286.